The second-order valence-corrected chi connectivity index (χ2v) is 4.70. The number of hydrogen-bond acceptors (Lipinski definition) is 3. The molecule has 88 valence electrons. The van der Waals surface area contributed by atoms with E-state index in [0.29, 0.717) is 6.42 Å². The summed E-state index contributed by atoms with van der Waals surface area (Å²) in [6.45, 7) is 2.18. The average Bonchev–Trinajstić information content (AvgIpc) is 2.31. The van der Waals surface area contributed by atoms with Crippen molar-refractivity contribution in [3.05, 3.63) is 29.8 Å². The number of thioether (sulfide) groups is 1. The quantitative estimate of drug-likeness (QED) is 0.432. The van der Waals surface area contributed by atoms with Crippen molar-refractivity contribution in [1.29, 1.82) is 0 Å². The summed E-state index contributed by atoms with van der Waals surface area (Å²) in [4.78, 5) is 12.4. The van der Waals surface area contributed by atoms with Gasteiger partial charge in [0.25, 0.3) is 0 Å². The zero-order chi connectivity index (χ0) is 11.8. The molecular weight excluding hydrogens is 220 g/mol. The number of carbonyl (C=O) groups excluding carboxylic acids is 1. The number of unbranched alkanes of at least 4 members (excludes halogenated alkanes) is 1. The van der Waals surface area contributed by atoms with Gasteiger partial charge in [-0.3, -0.25) is 4.79 Å². The van der Waals surface area contributed by atoms with Crippen molar-refractivity contribution in [2.24, 2.45) is 0 Å². The molecule has 1 aromatic rings. The predicted octanol–water partition coefficient (Wildman–Crippen LogP) is 3.29. The average molecular weight is 238 g/mol. The first-order chi connectivity index (χ1) is 7.77. The Kier molecular flexibility index (Phi) is 6.01. The van der Waals surface area contributed by atoms with Gasteiger partial charge in [-0.1, -0.05) is 31.5 Å². The molecule has 0 spiro atoms. The number of hydrogen-bond donors (Lipinski definition) is 0. The van der Waals surface area contributed by atoms with Crippen molar-refractivity contribution in [3.8, 4) is 0 Å². The molecule has 0 bridgehead atoms. The summed E-state index contributed by atoms with van der Waals surface area (Å²) in [6.07, 6.45) is 2.77. The summed E-state index contributed by atoms with van der Waals surface area (Å²) in [5.74, 6) is 0.929. The van der Waals surface area contributed by atoms with Gasteiger partial charge in [-0.15, -0.1) is 11.8 Å². The molecule has 1 aromatic carbocycles. The lowest BCUT2D eigenvalue weighted by Crippen LogP contribution is -2.05. The fourth-order valence-corrected chi connectivity index (χ4v) is 2.50. The second-order valence-electron chi connectivity index (χ2n) is 3.56. The molecule has 0 aromatic heterocycles. The van der Waals surface area contributed by atoms with Crippen molar-refractivity contribution in [1.82, 2.24) is 0 Å². The SMILES string of the molecule is CCCCSc1ccccc1CC(=O)OC. The van der Waals surface area contributed by atoms with E-state index >= 15 is 0 Å². The van der Waals surface area contributed by atoms with E-state index in [1.54, 1.807) is 0 Å². The largest absolute Gasteiger partial charge is 0.469 e. The molecule has 0 amide bonds. The lowest BCUT2D eigenvalue weighted by Gasteiger charge is -2.07. The van der Waals surface area contributed by atoms with Gasteiger partial charge in [0, 0.05) is 4.90 Å². The molecule has 0 aliphatic heterocycles. The van der Waals surface area contributed by atoms with Crippen LogP contribution in [-0.2, 0) is 16.0 Å². The van der Waals surface area contributed by atoms with Crippen molar-refractivity contribution in [2.45, 2.75) is 31.1 Å². The Bertz CT molecular complexity index is 336. The standard InChI is InChI=1S/C13H18O2S/c1-3-4-9-16-12-8-6-5-7-11(12)10-13(14)15-2/h5-8H,3-4,9-10H2,1-2H3. The summed E-state index contributed by atoms with van der Waals surface area (Å²) >= 11 is 1.82. The molecule has 0 aliphatic rings. The number of rotatable bonds is 6. The Labute approximate surface area is 101 Å². The summed E-state index contributed by atoms with van der Waals surface area (Å²) in [5.41, 5.74) is 1.07. The molecule has 3 heteroatoms. The van der Waals surface area contributed by atoms with Crippen LogP contribution < -0.4 is 0 Å². The molecule has 0 heterocycles. The van der Waals surface area contributed by atoms with Gasteiger partial charge >= 0.3 is 5.97 Å². The van der Waals surface area contributed by atoms with E-state index in [1.165, 1.54) is 24.8 Å². The van der Waals surface area contributed by atoms with Gasteiger partial charge in [-0.25, -0.2) is 0 Å². The first-order valence-corrected chi connectivity index (χ1v) is 6.54. The van der Waals surface area contributed by atoms with E-state index in [0.717, 1.165) is 11.3 Å². The lowest BCUT2D eigenvalue weighted by atomic mass is 10.1. The van der Waals surface area contributed by atoms with Gasteiger partial charge in [0.05, 0.1) is 13.5 Å². The van der Waals surface area contributed by atoms with Crippen LogP contribution in [0.5, 0.6) is 0 Å². The Morgan fingerprint density at radius 1 is 1.38 bits per heavy atom. The van der Waals surface area contributed by atoms with Gasteiger partial charge < -0.3 is 4.74 Å². The van der Waals surface area contributed by atoms with E-state index in [1.807, 2.05) is 30.0 Å². The van der Waals surface area contributed by atoms with Gasteiger partial charge in [0.15, 0.2) is 0 Å². The first kappa shape index (κ1) is 13.1. The number of esters is 1. The minimum absolute atomic E-state index is 0.177. The van der Waals surface area contributed by atoms with Crippen molar-refractivity contribution in [2.75, 3.05) is 12.9 Å². The molecule has 0 atom stereocenters. The molecule has 0 N–H and O–H groups in total. The molecular formula is C13H18O2S. The van der Waals surface area contributed by atoms with Crippen LogP contribution in [0.2, 0.25) is 0 Å². The Morgan fingerprint density at radius 3 is 2.81 bits per heavy atom. The molecule has 0 aliphatic carbocycles. The smallest absolute Gasteiger partial charge is 0.310 e. The highest BCUT2D eigenvalue weighted by atomic mass is 32.2. The third-order valence-corrected chi connectivity index (χ3v) is 3.49. The maximum absolute atomic E-state index is 11.2. The van der Waals surface area contributed by atoms with Crippen LogP contribution >= 0.6 is 11.8 Å². The number of methoxy groups -OCH3 is 1. The lowest BCUT2D eigenvalue weighted by molar-refractivity contribution is -0.139. The van der Waals surface area contributed by atoms with E-state index < -0.39 is 0 Å². The summed E-state index contributed by atoms with van der Waals surface area (Å²) in [6, 6.07) is 8.03. The van der Waals surface area contributed by atoms with Gasteiger partial charge in [-0.2, -0.15) is 0 Å². The van der Waals surface area contributed by atoms with Crippen LogP contribution in [-0.4, -0.2) is 18.8 Å². The molecule has 0 radical (unpaired) electrons. The molecule has 2 nitrogen and oxygen atoms in total. The highest BCUT2D eigenvalue weighted by molar-refractivity contribution is 7.99. The van der Waals surface area contributed by atoms with Gasteiger partial charge in [0.2, 0.25) is 0 Å². The Balaban J connectivity index is 2.63. The van der Waals surface area contributed by atoms with Crippen molar-refractivity contribution < 1.29 is 9.53 Å². The molecule has 0 unspecified atom stereocenters. The molecule has 0 saturated heterocycles. The van der Waals surface area contributed by atoms with E-state index in [-0.39, 0.29) is 5.97 Å². The van der Waals surface area contributed by atoms with Crippen LogP contribution in [0.3, 0.4) is 0 Å². The normalized spacial score (nSPS) is 10.1. The van der Waals surface area contributed by atoms with Crippen LogP contribution in [0.25, 0.3) is 0 Å². The maximum atomic E-state index is 11.2. The van der Waals surface area contributed by atoms with E-state index in [9.17, 15) is 4.79 Å². The summed E-state index contributed by atoms with van der Waals surface area (Å²) < 4.78 is 4.69. The third kappa shape index (κ3) is 4.27. The van der Waals surface area contributed by atoms with E-state index in [2.05, 4.69) is 17.7 Å². The first-order valence-electron chi connectivity index (χ1n) is 5.55. The molecule has 0 fully saturated rings. The number of ether oxygens (including phenoxy) is 1. The van der Waals surface area contributed by atoms with Crippen molar-refractivity contribution in [3.63, 3.8) is 0 Å². The van der Waals surface area contributed by atoms with Crippen molar-refractivity contribution >= 4 is 17.7 Å². The highest BCUT2D eigenvalue weighted by Gasteiger charge is 2.07. The zero-order valence-corrected chi connectivity index (χ0v) is 10.7. The fourth-order valence-electron chi connectivity index (χ4n) is 1.34. The predicted molar refractivity (Wildman–Crippen MR) is 67.8 cm³/mol. The maximum Gasteiger partial charge on any atom is 0.310 e. The van der Waals surface area contributed by atoms with Gasteiger partial charge in [-0.05, 0) is 23.8 Å². The third-order valence-electron chi connectivity index (χ3n) is 2.29. The minimum atomic E-state index is -0.177. The van der Waals surface area contributed by atoms with E-state index in [4.69, 9.17) is 0 Å². The molecule has 1 rings (SSSR count). The molecule has 16 heavy (non-hydrogen) atoms. The summed E-state index contributed by atoms with van der Waals surface area (Å²) in [5, 5.41) is 0. The minimum Gasteiger partial charge on any atom is -0.469 e. The topological polar surface area (TPSA) is 26.3 Å². The van der Waals surface area contributed by atoms with Crippen LogP contribution in [0, 0.1) is 0 Å². The highest BCUT2D eigenvalue weighted by Crippen LogP contribution is 2.24. The molecule has 0 saturated carbocycles. The van der Waals surface area contributed by atoms with Crippen LogP contribution in [0.4, 0.5) is 0 Å². The number of benzene rings is 1. The monoisotopic (exact) mass is 238 g/mol. The Hall–Kier alpha value is -0.960. The second kappa shape index (κ2) is 7.34. The number of carbonyl (C=O) groups is 1. The van der Waals surface area contributed by atoms with Crippen LogP contribution in [0.15, 0.2) is 29.2 Å². The summed E-state index contributed by atoms with van der Waals surface area (Å²) in [7, 11) is 1.43. The fraction of sp³-hybridized carbons (Fsp3) is 0.462. The Morgan fingerprint density at radius 2 is 2.12 bits per heavy atom. The van der Waals surface area contributed by atoms with Crippen LogP contribution in [0.1, 0.15) is 25.3 Å². The van der Waals surface area contributed by atoms with Gasteiger partial charge in [0.1, 0.15) is 0 Å². The zero-order valence-electron chi connectivity index (χ0n) is 9.86.